The van der Waals surface area contributed by atoms with Crippen LogP contribution in [0.2, 0.25) is 0 Å². The highest BCUT2D eigenvalue weighted by Gasteiger charge is 2.30. The number of thiazole rings is 1. The van der Waals surface area contributed by atoms with Crippen LogP contribution in [0.1, 0.15) is 43.5 Å². The fourth-order valence-corrected chi connectivity index (χ4v) is 3.58. The minimum Gasteiger partial charge on any atom is -0.316 e. The number of rotatable bonds is 6. The van der Waals surface area contributed by atoms with Crippen molar-refractivity contribution in [2.24, 2.45) is 11.3 Å². The monoisotopic (exact) mass is 281 g/mol. The molecule has 3 nitrogen and oxygen atoms in total. The molecule has 4 heteroatoms. The molecular weight excluding hydrogens is 254 g/mol. The van der Waals surface area contributed by atoms with E-state index in [4.69, 9.17) is 0 Å². The van der Waals surface area contributed by atoms with Gasteiger partial charge >= 0.3 is 0 Å². The first-order chi connectivity index (χ1) is 9.12. The lowest BCUT2D eigenvalue weighted by molar-refractivity contribution is 0.166. The van der Waals surface area contributed by atoms with Gasteiger partial charge in [-0.05, 0) is 43.7 Å². The molecule has 0 bridgehead atoms. The van der Waals surface area contributed by atoms with Gasteiger partial charge in [0.25, 0.3) is 0 Å². The molecule has 2 heterocycles. The molecule has 1 fully saturated rings. The van der Waals surface area contributed by atoms with Crippen LogP contribution in [-0.2, 0) is 13.0 Å². The first-order valence-electron chi connectivity index (χ1n) is 7.47. The number of nitrogens with zero attached hydrogens (tertiary/aromatic N) is 1. The van der Waals surface area contributed by atoms with Gasteiger partial charge in [0.05, 0.1) is 0 Å². The minimum absolute atomic E-state index is 0.359. The average molecular weight is 281 g/mol. The highest BCUT2D eigenvalue weighted by Crippen LogP contribution is 2.31. The SMILES string of the molecule is CCc1cnc(CNCC(C)(C)C2CCCNC2)s1. The van der Waals surface area contributed by atoms with Gasteiger partial charge in [0.15, 0.2) is 0 Å². The molecule has 0 aliphatic carbocycles. The third-order valence-electron chi connectivity index (χ3n) is 4.21. The van der Waals surface area contributed by atoms with Crippen molar-refractivity contribution < 1.29 is 0 Å². The lowest BCUT2D eigenvalue weighted by Crippen LogP contribution is -2.43. The zero-order valence-electron chi connectivity index (χ0n) is 12.5. The van der Waals surface area contributed by atoms with E-state index in [0.717, 1.165) is 25.4 Å². The number of nitrogens with one attached hydrogen (secondary N) is 2. The predicted molar refractivity (Wildman–Crippen MR) is 82.6 cm³/mol. The molecule has 1 aliphatic heterocycles. The van der Waals surface area contributed by atoms with Gasteiger partial charge in [0.1, 0.15) is 5.01 Å². The van der Waals surface area contributed by atoms with Crippen molar-refractivity contribution in [3.8, 4) is 0 Å². The van der Waals surface area contributed by atoms with E-state index < -0.39 is 0 Å². The fourth-order valence-electron chi connectivity index (χ4n) is 2.75. The summed E-state index contributed by atoms with van der Waals surface area (Å²) in [5.74, 6) is 0.788. The van der Waals surface area contributed by atoms with E-state index in [-0.39, 0.29) is 0 Å². The molecule has 1 aliphatic rings. The summed E-state index contributed by atoms with van der Waals surface area (Å²) in [5.41, 5.74) is 0.359. The molecule has 0 amide bonds. The Morgan fingerprint density at radius 1 is 1.53 bits per heavy atom. The van der Waals surface area contributed by atoms with E-state index in [2.05, 4.69) is 36.4 Å². The van der Waals surface area contributed by atoms with Crippen LogP contribution in [0.4, 0.5) is 0 Å². The van der Waals surface area contributed by atoms with Crippen molar-refractivity contribution in [1.29, 1.82) is 0 Å². The maximum Gasteiger partial charge on any atom is 0.107 e. The van der Waals surface area contributed by atoms with Gasteiger partial charge in [-0.2, -0.15) is 0 Å². The molecule has 1 aromatic rings. The van der Waals surface area contributed by atoms with Crippen LogP contribution >= 0.6 is 11.3 Å². The van der Waals surface area contributed by atoms with Gasteiger partial charge in [0, 0.05) is 24.2 Å². The summed E-state index contributed by atoms with van der Waals surface area (Å²) in [6, 6.07) is 0. The maximum atomic E-state index is 4.46. The van der Waals surface area contributed by atoms with Crippen LogP contribution < -0.4 is 10.6 Å². The Morgan fingerprint density at radius 3 is 3.00 bits per heavy atom. The Morgan fingerprint density at radius 2 is 2.37 bits per heavy atom. The van der Waals surface area contributed by atoms with Crippen LogP contribution in [0.5, 0.6) is 0 Å². The molecule has 108 valence electrons. The van der Waals surface area contributed by atoms with Crippen molar-refractivity contribution >= 4 is 11.3 Å². The molecule has 2 rings (SSSR count). The summed E-state index contributed by atoms with van der Waals surface area (Å²) >= 11 is 1.83. The lowest BCUT2D eigenvalue weighted by Gasteiger charge is -2.37. The highest BCUT2D eigenvalue weighted by atomic mass is 32.1. The molecular formula is C15H27N3S. The number of aryl methyl sites for hydroxylation is 1. The first-order valence-corrected chi connectivity index (χ1v) is 8.28. The molecule has 2 N–H and O–H groups in total. The van der Waals surface area contributed by atoms with Gasteiger partial charge in [-0.15, -0.1) is 11.3 Å². The van der Waals surface area contributed by atoms with Crippen molar-refractivity contribution in [3.05, 3.63) is 16.1 Å². The van der Waals surface area contributed by atoms with E-state index in [0.29, 0.717) is 5.41 Å². The zero-order chi connectivity index (χ0) is 13.7. The van der Waals surface area contributed by atoms with Crippen LogP contribution in [0.3, 0.4) is 0 Å². The van der Waals surface area contributed by atoms with Gasteiger partial charge in [-0.25, -0.2) is 4.98 Å². The average Bonchev–Trinajstić information content (AvgIpc) is 2.87. The summed E-state index contributed by atoms with van der Waals surface area (Å²) in [6.45, 7) is 11.3. The quantitative estimate of drug-likeness (QED) is 0.842. The second-order valence-corrected chi connectivity index (χ2v) is 7.41. The Balaban J connectivity index is 1.77. The summed E-state index contributed by atoms with van der Waals surface area (Å²) in [5, 5.41) is 8.34. The minimum atomic E-state index is 0.359. The van der Waals surface area contributed by atoms with E-state index in [9.17, 15) is 0 Å². The zero-order valence-corrected chi connectivity index (χ0v) is 13.3. The Hall–Kier alpha value is -0.450. The highest BCUT2D eigenvalue weighted by molar-refractivity contribution is 7.11. The molecule has 0 radical (unpaired) electrons. The van der Waals surface area contributed by atoms with Crippen molar-refractivity contribution in [3.63, 3.8) is 0 Å². The topological polar surface area (TPSA) is 37.0 Å². The molecule has 0 saturated carbocycles. The number of hydrogen-bond donors (Lipinski definition) is 2. The molecule has 1 saturated heterocycles. The second kappa shape index (κ2) is 6.82. The van der Waals surface area contributed by atoms with E-state index in [1.807, 2.05) is 17.5 Å². The second-order valence-electron chi connectivity index (χ2n) is 6.21. The lowest BCUT2D eigenvalue weighted by atomic mass is 9.75. The fraction of sp³-hybridized carbons (Fsp3) is 0.800. The van der Waals surface area contributed by atoms with Gasteiger partial charge < -0.3 is 10.6 Å². The van der Waals surface area contributed by atoms with Crippen molar-refractivity contribution in [2.45, 2.75) is 46.6 Å². The Labute approximate surface area is 121 Å². The molecule has 1 atom stereocenters. The molecule has 0 spiro atoms. The van der Waals surface area contributed by atoms with Gasteiger partial charge in [-0.3, -0.25) is 0 Å². The normalized spacial score (nSPS) is 20.7. The summed E-state index contributed by atoms with van der Waals surface area (Å²) < 4.78 is 0. The molecule has 1 unspecified atom stereocenters. The van der Waals surface area contributed by atoms with Gasteiger partial charge in [0.2, 0.25) is 0 Å². The smallest absolute Gasteiger partial charge is 0.107 e. The molecule has 1 aromatic heterocycles. The van der Waals surface area contributed by atoms with E-state index in [1.165, 1.54) is 35.8 Å². The van der Waals surface area contributed by atoms with Crippen LogP contribution in [0.15, 0.2) is 6.20 Å². The van der Waals surface area contributed by atoms with Crippen LogP contribution in [0.25, 0.3) is 0 Å². The van der Waals surface area contributed by atoms with Crippen LogP contribution in [0, 0.1) is 11.3 Å². The molecule has 19 heavy (non-hydrogen) atoms. The summed E-state index contributed by atoms with van der Waals surface area (Å²) in [7, 11) is 0. The third kappa shape index (κ3) is 4.26. The standard InChI is InChI=1S/C15H27N3S/c1-4-13-9-18-14(19-13)10-17-11-15(2,3)12-6-5-7-16-8-12/h9,12,16-17H,4-8,10-11H2,1-3H3. The Kier molecular flexibility index (Phi) is 5.37. The van der Waals surface area contributed by atoms with Crippen LogP contribution in [-0.4, -0.2) is 24.6 Å². The number of aromatic nitrogens is 1. The third-order valence-corrected chi connectivity index (χ3v) is 5.35. The van der Waals surface area contributed by atoms with Crippen molar-refractivity contribution in [2.75, 3.05) is 19.6 Å². The predicted octanol–water partition coefficient (Wildman–Crippen LogP) is 2.82. The van der Waals surface area contributed by atoms with Crippen molar-refractivity contribution in [1.82, 2.24) is 15.6 Å². The number of hydrogen-bond acceptors (Lipinski definition) is 4. The summed E-state index contributed by atoms with van der Waals surface area (Å²) in [6.07, 6.45) is 5.79. The summed E-state index contributed by atoms with van der Waals surface area (Å²) in [4.78, 5) is 5.84. The van der Waals surface area contributed by atoms with Gasteiger partial charge in [-0.1, -0.05) is 20.8 Å². The molecule has 0 aromatic carbocycles. The largest absolute Gasteiger partial charge is 0.316 e. The van der Waals surface area contributed by atoms with E-state index >= 15 is 0 Å². The van der Waals surface area contributed by atoms with E-state index in [1.54, 1.807) is 0 Å². The number of piperidine rings is 1. The maximum absolute atomic E-state index is 4.46. The Bertz CT molecular complexity index is 380. The first kappa shape index (κ1) is 14.9.